The quantitative estimate of drug-likeness (QED) is 0.720. The monoisotopic (exact) mass is 324 g/mol. The summed E-state index contributed by atoms with van der Waals surface area (Å²) >= 11 is 0. The van der Waals surface area contributed by atoms with Crippen LogP contribution in [0.3, 0.4) is 0 Å². The number of amides is 1. The molecule has 1 unspecified atom stereocenters. The lowest BCUT2D eigenvalue weighted by Crippen LogP contribution is -2.43. The number of nitrogens with one attached hydrogen (secondary N) is 1. The molecule has 23 heavy (non-hydrogen) atoms. The molecule has 0 aromatic carbocycles. The second kappa shape index (κ2) is 9.91. The zero-order valence-corrected chi connectivity index (χ0v) is 14.3. The van der Waals surface area contributed by atoms with Crippen LogP contribution in [-0.4, -0.2) is 48.1 Å². The van der Waals surface area contributed by atoms with Gasteiger partial charge in [-0.05, 0) is 44.1 Å². The predicted octanol–water partition coefficient (Wildman–Crippen LogP) is 2.65. The number of hydrogen-bond donors (Lipinski definition) is 2. The lowest BCUT2D eigenvalue weighted by molar-refractivity contribution is -0.137. The van der Waals surface area contributed by atoms with Crippen LogP contribution in [0.15, 0.2) is 0 Å². The van der Waals surface area contributed by atoms with Crippen molar-refractivity contribution in [1.82, 2.24) is 10.2 Å². The second-order valence-electron chi connectivity index (χ2n) is 7.32. The smallest absolute Gasteiger partial charge is 0.303 e. The van der Waals surface area contributed by atoms with Crippen molar-refractivity contribution in [2.75, 3.05) is 26.2 Å². The molecule has 0 radical (unpaired) electrons. The molecule has 2 fully saturated rings. The number of carboxylic acid groups (broad SMARTS) is 1. The first-order valence-electron chi connectivity index (χ1n) is 9.34. The van der Waals surface area contributed by atoms with E-state index in [1.807, 2.05) is 0 Å². The van der Waals surface area contributed by atoms with Gasteiger partial charge < -0.3 is 10.4 Å². The van der Waals surface area contributed by atoms with E-state index in [2.05, 4.69) is 10.2 Å². The lowest BCUT2D eigenvalue weighted by atomic mass is 9.87. The van der Waals surface area contributed by atoms with Gasteiger partial charge in [-0.25, -0.2) is 0 Å². The molecule has 1 saturated heterocycles. The Morgan fingerprint density at radius 3 is 2.48 bits per heavy atom. The first-order valence-corrected chi connectivity index (χ1v) is 9.34. The molecular weight excluding hydrogens is 292 g/mol. The van der Waals surface area contributed by atoms with Gasteiger partial charge in [0.15, 0.2) is 0 Å². The molecule has 5 heteroatoms. The molecule has 1 aliphatic carbocycles. The molecule has 1 heterocycles. The highest BCUT2D eigenvalue weighted by molar-refractivity contribution is 5.78. The SMILES string of the molecule is O=C(O)CCC1CCCN(CC(=O)NCCC2CCCCC2)C1. The van der Waals surface area contributed by atoms with Crippen LogP contribution in [0.1, 0.15) is 64.2 Å². The molecule has 132 valence electrons. The van der Waals surface area contributed by atoms with Crippen molar-refractivity contribution < 1.29 is 14.7 Å². The van der Waals surface area contributed by atoms with Crippen molar-refractivity contribution >= 4 is 11.9 Å². The third-order valence-electron chi connectivity index (χ3n) is 5.34. The van der Waals surface area contributed by atoms with Crippen molar-refractivity contribution in [2.24, 2.45) is 11.8 Å². The van der Waals surface area contributed by atoms with Gasteiger partial charge in [0.05, 0.1) is 6.54 Å². The number of hydrogen-bond acceptors (Lipinski definition) is 3. The van der Waals surface area contributed by atoms with Crippen molar-refractivity contribution in [2.45, 2.75) is 64.2 Å². The first kappa shape index (κ1) is 18.2. The molecule has 0 aromatic heterocycles. The number of carboxylic acids is 1. The Kier molecular flexibility index (Phi) is 7.86. The van der Waals surface area contributed by atoms with Crippen molar-refractivity contribution in [3.8, 4) is 0 Å². The molecule has 2 rings (SSSR count). The minimum atomic E-state index is -0.720. The van der Waals surface area contributed by atoms with Gasteiger partial charge in [0, 0.05) is 19.5 Å². The Hall–Kier alpha value is -1.10. The van der Waals surface area contributed by atoms with Crippen LogP contribution in [0.5, 0.6) is 0 Å². The van der Waals surface area contributed by atoms with E-state index in [0.29, 0.717) is 12.5 Å². The zero-order chi connectivity index (χ0) is 16.5. The molecule has 0 spiro atoms. The molecular formula is C18H32N2O3. The Bertz CT molecular complexity index is 380. The second-order valence-corrected chi connectivity index (χ2v) is 7.32. The third kappa shape index (κ3) is 7.34. The molecule has 1 saturated carbocycles. The molecule has 1 atom stereocenters. The van der Waals surface area contributed by atoms with Gasteiger partial charge in [0.1, 0.15) is 0 Å². The van der Waals surface area contributed by atoms with Crippen LogP contribution < -0.4 is 5.32 Å². The normalized spacial score (nSPS) is 23.6. The average Bonchev–Trinajstić information content (AvgIpc) is 2.54. The molecule has 0 aromatic rings. The average molecular weight is 324 g/mol. The summed E-state index contributed by atoms with van der Waals surface area (Å²) in [5, 5.41) is 11.8. The summed E-state index contributed by atoms with van der Waals surface area (Å²) in [5.74, 6) is 0.636. The van der Waals surface area contributed by atoms with Crippen LogP contribution in [0.2, 0.25) is 0 Å². The first-order chi connectivity index (χ1) is 11.1. The number of likely N-dealkylation sites (tertiary alicyclic amines) is 1. The number of carbonyl (C=O) groups excluding carboxylic acids is 1. The van der Waals surface area contributed by atoms with Gasteiger partial charge in [-0.15, -0.1) is 0 Å². The Balaban J connectivity index is 1.59. The number of rotatable bonds is 8. The number of nitrogens with zero attached hydrogens (tertiary/aromatic N) is 1. The van der Waals surface area contributed by atoms with Crippen LogP contribution in [0.25, 0.3) is 0 Å². The van der Waals surface area contributed by atoms with E-state index < -0.39 is 5.97 Å². The Labute approximate surface area is 139 Å². The van der Waals surface area contributed by atoms with Gasteiger partial charge in [0.2, 0.25) is 5.91 Å². The topological polar surface area (TPSA) is 69.6 Å². The highest BCUT2D eigenvalue weighted by Gasteiger charge is 2.22. The Morgan fingerprint density at radius 2 is 1.74 bits per heavy atom. The van der Waals surface area contributed by atoms with E-state index in [1.165, 1.54) is 32.1 Å². The molecule has 5 nitrogen and oxygen atoms in total. The third-order valence-corrected chi connectivity index (χ3v) is 5.34. The number of carbonyl (C=O) groups is 2. The number of aliphatic carboxylic acids is 1. The van der Waals surface area contributed by atoms with Crippen molar-refractivity contribution in [3.05, 3.63) is 0 Å². The fraction of sp³-hybridized carbons (Fsp3) is 0.889. The minimum absolute atomic E-state index is 0.125. The van der Waals surface area contributed by atoms with E-state index in [1.54, 1.807) is 0 Å². The van der Waals surface area contributed by atoms with E-state index in [4.69, 9.17) is 5.11 Å². The highest BCUT2D eigenvalue weighted by Crippen LogP contribution is 2.25. The Morgan fingerprint density at radius 1 is 1.00 bits per heavy atom. The summed E-state index contributed by atoms with van der Waals surface area (Å²) in [5.41, 5.74) is 0. The van der Waals surface area contributed by atoms with E-state index in [9.17, 15) is 9.59 Å². The van der Waals surface area contributed by atoms with Crippen molar-refractivity contribution in [1.29, 1.82) is 0 Å². The highest BCUT2D eigenvalue weighted by atomic mass is 16.4. The maximum atomic E-state index is 12.1. The van der Waals surface area contributed by atoms with Crippen LogP contribution >= 0.6 is 0 Å². The van der Waals surface area contributed by atoms with Gasteiger partial charge in [0.25, 0.3) is 0 Å². The van der Waals surface area contributed by atoms with Gasteiger partial charge in [-0.1, -0.05) is 32.1 Å². The largest absolute Gasteiger partial charge is 0.481 e. The minimum Gasteiger partial charge on any atom is -0.481 e. The summed E-state index contributed by atoms with van der Waals surface area (Å²) in [7, 11) is 0. The molecule has 1 amide bonds. The van der Waals surface area contributed by atoms with Crippen LogP contribution in [0.4, 0.5) is 0 Å². The fourth-order valence-electron chi connectivity index (χ4n) is 4.01. The number of piperidine rings is 1. The zero-order valence-electron chi connectivity index (χ0n) is 14.3. The van der Waals surface area contributed by atoms with Crippen LogP contribution in [0, 0.1) is 11.8 Å². The molecule has 2 N–H and O–H groups in total. The predicted molar refractivity (Wildman–Crippen MR) is 90.2 cm³/mol. The standard InChI is InChI=1S/C18H32N2O3/c21-17(19-11-10-15-5-2-1-3-6-15)14-20-12-4-7-16(13-20)8-9-18(22)23/h15-16H,1-14H2,(H,19,21)(H,22,23). The van der Waals surface area contributed by atoms with Gasteiger partial charge in [-0.2, -0.15) is 0 Å². The van der Waals surface area contributed by atoms with Crippen molar-refractivity contribution in [3.63, 3.8) is 0 Å². The summed E-state index contributed by atoms with van der Waals surface area (Å²) in [6, 6.07) is 0. The maximum absolute atomic E-state index is 12.1. The summed E-state index contributed by atoms with van der Waals surface area (Å²) in [4.78, 5) is 24.9. The van der Waals surface area contributed by atoms with Gasteiger partial charge >= 0.3 is 5.97 Å². The molecule has 1 aliphatic heterocycles. The molecule has 2 aliphatic rings. The summed E-state index contributed by atoms with van der Waals surface area (Å²) in [6.45, 7) is 3.09. The summed E-state index contributed by atoms with van der Waals surface area (Å²) in [6.07, 6.45) is 11.0. The van der Waals surface area contributed by atoms with E-state index >= 15 is 0 Å². The summed E-state index contributed by atoms with van der Waals surface area (Å²) < 4.78 is 0. The van der Waals surface area contributed by atoms with Gasteiger partial charge in [-0.3, -0.25) is 14.5 Å². The van der Waals surface area contributed by atoms with E-state index in [-0.39, 0.29) is 12.3 Å². The fourth-order valence-corrected chi connectivity index (χ4v) is 4.01. The maximum Gasteiger partial charge on any atom is 0.303 e. The molecule has 0 bridgehead atoms. The van der Waals surface area contributed by atoms with E-state index in [0.717, 1.165) is 51.2 Å². The lowest BCUT2D eigenvalue weighted by Gasteiger charge is -2.32. The van der Waals surface area contributed by atoms with Crippen LogP contribution in [-0.2, 0) is 9.59 Å².